The van der Waals surface area contributed by atoms with E-state index in [9.17, 15) is 19.7 Å². The minimum atomic E-state index is -1.32. The number of carboxylic acids is 1. The van der Waals surface area contributed by atoms with Gasteiger partial charge in [-0.1, -0.05) is 29.3 Å². The molecule has 0 aliphatic heterocycles. The molecule has 0 bridgehead atoms. The third-order valence-corrected chi connectivity index (χ3v) is 3.51. The Morgan fingerprint density at radius 3 is 2.36 bits per heavy atom. The number of nitro benzene ring substituents is 1. The van der Waals surface area contributed by atoms with Crippen molar-refractivity contribution < 1.29 is 19.6 Å². The van der Waals surface area contributed by atoms with Gasteiger partial charge in [0.2, 0.25) is 0 Å². The van der Waals surface area contributed by atoms with E-state index in [4.69, 9.17) is 28.3 Å². The highest BCUT2D eigenvalue weighted by Crippen LogP contribution is 2.29. The van der Waals surface area contributed by atoms with Gasteiger partial charge < -0.3 is 5.11 Å². The van der Waals surface area contributed by atoms with Crippen molar-refractivity contribution >= 4 is 40.6 Å². The second-order valence-electron chi connectivity index (χ2n) is 4.22. The molecule has 6 nitrogen and oxygen atoms in total. The van der Waals surface area contributed by atoms with Crippen molar-refractivity contribution in [1.82, 2.24) is 0 Å². The largest absolute Gasteiger partial charge is 0.478 e. The standard InChI is InChI=1S/C14H7Cl2NO5/c15-9-5-4-7(6-11(9)17(21)22)13(18)12-8(14(19)20)2-1-3-10(12)16/h1-6H,(H,19,20). The first-order chi connectivity index (χ1) is 10.3. The van der Waals surface area contributed by atoms with Crippen molar-refractivity contribution in [2.75, 3.05) is 0 Å². The number of carbonyl (C=O) groups excluding carboxylic acids is 1. The average Bonchev–Trinajstić information content (AvgIpc) is 2.46. The van der Waals surface area contributed by atoms with E-state index in [1.165, 1.54) is 30.3 Å². The molecule has 2 aromatic carbocycles. The molecule has 0 saturated carbocycles. The van der Waals surface area contributed by atoms with Crippen LogP contribution in [0.15, 0.2) is 36.4 Å². The molecule has 22 heavy (non-hydrogen) atoms. The summed E-state index contributed by atoms with van der Waals surface area (Å²) in [7, 11) is 0. The number of carbonyl (C=O) groups is 2. The Kier molecular flexibility index (Phi) is 4.44. The predicted molar refractivity (Wildman–Crippen MR) is 80.0 cm³/mol. The van der Waals surface area contributed by atoms with Gasteiger partial charge in [0.1, 0.15) is 5.02 Å². The first-order valence-corrected chi connectivity index (χ1v) is 6.59. The maximum atomic E-state index is 12.5. The van der Waals surface area contributed by atoms with Crippen molar-refractivity contribution in [3.63, 3.8) is 0 Å². The number of aromatic carboxylic acids is 1. The molecule has 0 amide bonds. The molecule has 0 aliphatic carbocycles. The van der Waals surface area contributed by atoms with E-state index >= 15 is 0 Å². The Morgan fingerprint density at radius 2 is 1.77 bits per heavy atom. The van der Waals surface area contributed by atoms with Crippen LogP contribution in [0.5, 0.6) is 0 Å². The zero-order valence-corrected chi connectivity index (χ0v) is 12.3. The molecular weight excluding hydrogens is 333 g/mol. The summed E-state index contributed by atoms with van der Waals surface area (Å²) >= 11 is 11.6. The summed E-state index contributed by atoms with van der Waals surface area (Å²) in [6, 6.07) is 7.45. The molecule has 0 aliphatic rings. The molecule has 2 aromatic rings. The van der Waals surface area contributed by atoms with Gasteiger partial charge in [-0.05, 0) is 24.3 Å². The number of rotatable bonds is 4. The second-order valence-corrected chi connectivity index (χ2v) is 5.03. The molecule has 2 rings (SSSR count). The number of benzene rings is 2. The van der Waals surface area contributed by atoms with Gasteiger partial charge in [-0.25, -0.2) is 4.79 Å². The quantitative estimate of drug-likeness (QED) is 0.518. The molecule has 0 atom stereocenters. The van der Waals surface area contributed by atoms with Crippen molar-refractivity contribution in [2.45, 2.75) is 0 Å². The van der Waals surface area contributed by atoms with Gasteiger partial charge in [0.05, 0.1) is 21.1 Å². The van der Waals surface area contributed by atoms with Crippen LogP contribution >= 0.6 is 23.2 Å². The maximum absolute atomic E-state index is 12.5. The van der Waals surface area contributed by atoms with Crippen LogP contribution in [0.2, 0.25) is 10.0 Å². The lowest BCUT2D eigenvalue weighted by Crippen LogP contribution is -2.10. The van der Waals surface area contributed by atoms with Crippen molar-refractivity contribution in [2.24, 2.45) is 0 Å². The van der Waals surface area contributed by atoms with Crippen LogP contribution in [-0.4, -0.2) is 21.8 Å². The van der Waals surface area contributed by atoms with E-state index in [1.54, 1.807) is 0 Å². The minimum Gasteiger partial charge on any atom is -0.478 e. The Morgan fingerprint density at radius 1 is 1.09 bits per heavy atom. The molecule has 112 valence electrons. The van der Waals surface area contributed by atoms with E-state index < -0.39 is 22.4 Å². The molecule has 0 unspecified atom stereocenters. The lowest BCUT2D eigenvalue weighted by Gasteiger charge is -2.08. The molecule has 0 aromatic heterocycles. The Hall–Kier alpha value is -2.44. The number of ketones is 1. The summed E-state index contributed by atoms with van der Waals surface area (Å²) in [6.45, 7) is 0. The monoisotopic (exact) mass is 339 g/mol. The first-order valence-electron chi connectivity index (χ1n) is 5.83. The number of hydrogen-bond acceptors (Lipinski definition) is 4. The van der Waals surface area contributed by atoms with E-state index in [1.807, 2.05) is 0 Å². The van der Waals surface area contributed by atoms with Crippen LogP contribution in [0, 0.1) is 10.1 Å². The van der Waals surface area contributed by atoms with Crippen LogP contribution in [0.4, 0.5) is 5.69 Å². The summed E-state index contributed by atoms with van der Waals surface area (Å²) in [4.78, 5) is 33.8. The van der Waals surface area contributed by atoms with Gasteiger partial charge in [-0.2, -0.15) is 0 Å². The molecular formula is C14H7Cl2NO5. The third-order valence-electron chi connectivity index (χ3n) is 2.88. The van der Waals surface area contributed by atoms with Gasteiger partial charge in [0, 0.05) is 11.6 Å². The van der Waals surface area contributed by atoms with E-state index in [0.717, 1.165) is 6.07 Å². The van der Waals surface area contributed by atoms with Crippen LogP contribution in [0.1, 0.15) is 26.3 Å². The summed E-state index contributed by atoms with van der Waals surface area (Å²) in [6.07, 6.45) is 0. The highest BCUT2D eigenvalue weighted by Gasteiger charge is 2.23. The minimum absolute atomic E-state index is 0.0532. The fourth-order valence-electron chi connectivity index (χ4n) is 1.87. The number of halogens is 2. The number of carboxylic acid groups (broad SMARTS) is 1. The Balaban J connectivity index is 2.61. The normalized spacial score (nSPS) is 10.3. The summed E-state index contributed by atoms with van der Waals surface area (Å²) in [5.74, 6) is -2.06. The van der Waals surface area contributed by atoms with Crippen LogP contribution in [0.25, 0.3) is 0 Å². The van der Waals surface area contributed by atoms with E-state index in [0.29, 0.717) is 0 Å². The smallest absolute Gasteiger partial charge is 0.336 e. The highest BCUT2D eigenvalue weighted by atomic mass is 35.5. The van der Waals surface area contributed by atoms with Crippen LogP contribution < -0.4 is 0 Å². The molecule has 0 radical (unpaired) electrons. The second kappa shape index (κ2) is 6.13. The summed E-state index contributed by atoms with van der Waals surface area (Å²) in [5.41, 5.74) is -1.04. The molecule has 0 spiro atoms. The fourth-order valence-corrected chi connectivity index (χ4v) is 2.32. The molecule has 1 N–H and O–H groups in total. The van der Waals surface area contributed by atoms with Gasteiger partial charge in [-0.3, -0.25) is 14.9 Å². The van der Waals surface area contributed by atoms with Crippen molar-refractivity contribution in [3.8, 4) is 0 Å². The molecule has 0 heterocycles. The summed E-state index contributed by atoms with van der Waals surface area (Å²) in [5, 5.41) is 19.8. The molecule has 0 fully saturated rings. The van der Waals surface area contributed by atoms with Gasteiger partial charge >= 0.3 is 5.97 Å². The van der Waals surface area contributed by atoms with E-state index in [-0.39, 0.29) is 26.7 Å². The predicted octanol–water partition coefficient (Wildman–Crippen LogP) is 3.83. The van der Waals surface area contributed by atoms with E-state index in [2.05, 4.69) is 0 Å². The van der Waals surface area contributed by atoms with Crippen molar-refractivity contribution in [1.29, 1.82) is 0 Å². The number of nitro groups is 1. The van der Waals surface area contributed by atoms with Gasteiger partial charge in [0.25, 0.3) is 5.69 Å². The Labute approximate surface area is 134 Å². The van der Waals surface area contributed by atoms with Crippen LogP contribution in [0.3, 0.4) is 0 Å². The average molecular weight is 340 g/mol. The van der Waals surface area contributed by atoms with Gasteiger partial charge in [0.15, 0.2) is 5.78 Å². The zero-order valence-electron chi connectivity index (χ0n) is 10.7. The van der Waals surface area contributed by atoms with Crippen molar-refractivity contribution in [3.05, 3.63) is 73.2 Å². The topological polar surface area (TPSA) is 97.5 Å². The number of hydrogen-bond donors (Lipinski definition) is 1. The first kappa shape index (κ1) is 15.9. The maximum Gasteiger partial charge on any atom is 0.336 e. The SMILES string of the molecule is O=C(O)c1cccc(Cl)c1C(=O)c1ccc(Cl)c([N+](=O)[O-])c1. The molecule has 8 heteroatoms. The van der Waals surface area contributed by atoms with Crippen LogP contribution in [-0.2, 0) is 0 Å². The lowest BCUT2D eigenvalue weighted by molar-refractivity contribution is -0.384. The van der Waals surface area contributed by atoms with Gasteiger partial charge in [-0.15, -0.1) is 0 Å². The Bertz CT molecular complexity index is 804. The molecule has 0 saturated heterocycles. The summed E-state index contributed by atoms with van der Waals surface area (Å²) < 4.78 is 0. The fraction of sp³-hybridized carbons (Fsp3) is 0. The third kappa shape index (κ3) is 2.93. The zero-order chi connectivity index (χ0) is 16.4. The lowest BCUT2D eigenvalue weighted by atomic mass is 9.98. The highest BCUT2D eigenvalue weighted by molar-refractivity contribution is 6.36. The number of nitrogens with zero attached hydrogens (tertiary/aromatic N) is 1.